The summed E-state index contributed by atoms with van der Waals surface area (Å²) in [4.78, 5) is 8.90. The van der Waals surface area contributed by atoms with Gasteiger partial charge in [-0.3, -0.25) is 8.89 Å². The molecule has 10 heteroatoms. The predicted molar refractivity (Wildman–Crippen MR) is 125 cm³/mol. The van der Waals surface area contributed by atoms with Crippen molar-refractivity contribution in [3.63, 3.8) is 0 Å². The van der Waals surface area contributed by atoms with Crippen LogP contribution in [0.4, 0.5) is 23.1 Å². The van der Waals surface area contributed by atoms with Gasteiger partial charge in [-0.15, -0.1) is 0 Å². The van der Waals surface area contributed by atoms with Crippen LogP contribution in [0.3, 0.4) is 0 Å². The number of fused-ring (bicyclic) bond motifs is 1. The highest BCUT2D eigenvalue weighted by molar-refractivity contribution is 9.10. The summed E-state index contributed by atoms with van der Waals surface area (Å²) >= 11 is 1.17. The fourth-order valence-electron chi connectivity index (χ4n) is 3.20. The van der Waals surface area contributed by atoms with E-state index in [1.807, 2.05) is 49.6 Å². The number of aromatic nitrogens is 4. The third-order valence-electron chi connectivity index (χ3n) is 4.99. The number of nitrogens with one attached hydrogen (secondary N) is 2. The summed E-state index contributed by atoms with van der Waals surface area (Å²) in [5.41, 5.74) is 3.11. The first-order valence-electron chi connectivity index (χ1n) is 9.43. The lowest BCUT2D eigenvalue weighted by Crippen LogP contribution is -2.24. The highest BCUT2D eigenvalue weighted by Gasteiger charge is 2.25. The van der Waals surface area contributed by atoms with E-state index in [-0.39, 0.29) is 0 Å². The van der Waals surface area contributed by atoms with Gasteiger partial charge in [0.2, 0.25) is 5.95 Å². The van der Waals surface area contributed by atoms with Crippen LogP contribution in [0.5, 0.6) is 0 Å². The highest BCUT2D eigenvalue weighted by atomic mass is 79.9. The summed E-state index contributed by atoms with van der Waals surface area (Å²) in [6.07, 6.45) is 3.45. The first kappa shape index (κ1) is 21.4. The van der Waals surface area contributed by atoms with Gasteiger partial charge >= 0.3 is 0 Å². The Morgan fingerprint density at radius 3 is 2.68 bits per heavy atom. The molecule has 4 aromatic rings. The van der Waals surface area contributed by atoms with Crippen molar-refractivity contribution in [3.05, 3.63) is 64.9 Å². The summed E-state index contributed by atoms with van der Waals surface area (Å²) in [5.74, 6) is 0.912. The zero-order valence-corrected chi connectivity index (χ0v) is 19.5. The number of benzene rings is 2. The Balaban J connectivity index is 1.65. The second-order valence-corrected chi connectivity index (χ2v) is 9.82. The van der Waals surface area contributed by atoms with E-state index in [4.69, 9.17) is 0 Å². The molecule has 0 radical (unpaired) electrons. The minimum Gasteiger partial charge on any atom is -0.772 e. The molecular formula is C21H20BrN6O2S-. The molecule has 2 aromatic carbocycles. The molecular weight excluding hydrogens is 480 g/mol. The number of nitrogens with zero attached hydrogens (tertiary/aromatic N) is 4. The zero-order chi connectivity index (χ0) is 22.2. The molecule has 0 saturated heterocycles. The van der Waals surface area contributed by atoms with Gasteiger partial charge in [-0.05, 0) is 70.7 Å². The van der Waals surface area contributed by atoms with Crippen LogP contribution in [0.25, 0.3) is 10.9 Å². The molecule has 0 aliphatic rings. The van der Waals surface area contributed by atoms with E-state index in [0.29, 0.717) is 27.5 Å². The first-order valence-corrected chi connectivity index (χ1v) is 11.3. The average molecular weight is 500 g/mol. The maximum Gasteiger partial charge on any atom is 0.229 e. The average Bonchev–Trinajstić information content (AvgIpc) is 3.11. The molecule has 31 heavy (non-hydrogen) atoms. The van der Waals surface area contributed by atoms with Gasteiger partial charge in [-0.1, -0.05) is 18.2 Å². The number of para-hydroxylation sites is 1. The Kier molecular flexibility index (Phi) is 5.78. The minimum atomic E-state index is -2.30. The van der Waals surface area contributed by atoms with Crippen molar-refractivity contribution in [2.45, 2.75) is 18.6 Å². The van der Waals surface area contributed by atoms with E-state index in [1.54, 1.807) is 30.8 Å². The molecule has 8 nitrogen and oxygen atoms in total. The largest absolute Gasteiger partial charge is 0.772 e. The molecule has 0 amide bonds. The van der Waals surface area contributed by atoms with Crippen LogP contribution < -0.4 is 10.6 Å². The van der Waals surface area contributed by atoms with E-state index in [0.717, 1.165) is 16.6 Å². The van der Waals surface area contributed by atoms with Crippen molar-refractivity contribution < 1.29 is 8.76 Å². The number of halogens is 1. The smallest absolute Gasteiger partial charge is 0.229 e. The molecule has 0 saturated carbocycles. The van der Waals surface area contributed by atoms with Crippen LogP contribution >= 0.6 is 15.9 Å². The highest BCUT2D eigenvalue weighted by Crippen LogP contribution is 2.35. The van der Waals surface area contributed by atoms with E-state index < -0.39 is 15.8 Å². The molecule has 2 aromatic heterocycles. The van der Waals surface area contributed by atoms with Gasteiger partial charge < -0.3 is 15.2 Å². The molecule has 0 aliphatic heterocycles. The van der Waals surface area contributed by atoms with Crippen molar-refractivity contribution in [2.75, 3.05) is 10.6 Å². The van der Waals surface area contributed by atoms with Crippen LogP contribution in [0.2, 0.25) is 0 Å². The predicted octanol–water partition coefficient (Wildman–Crippen LogP) is 4.73. The summed E-state index contributed by atoms with van der Waals surface area (Å²) in [7, 11) is 1.89. The summed E-state index contributed by atoms with van der Waals surface area (Å²) in [6.45, 7) is 3.32. The van der Waals surface area contributed by atoms with Crippen LogP contribution in [0.15, 0.2) is 59.3 Å². The maximum atomic E-state index is 11.8. The molecule has 0 spiro atoms. The molecule has 0 fully saturated rings. The molecule has 4 rings (SSSR count). The van der Waals surface area contributed by atoms with Gasteiger partial charge in [0.15, 0.2) is 0 Å². The third kappa shape index (κ3) is 4.32. The Hall–Kier alpha value is -2.82. The lowest BCUT2D eigenvalue weighted by Gasteiger charge is -2.30. The van der Waals surface area contributed by atoms with Crippen molar-refractivity contribution in [2.24, 2.45) is 7.05 Å². The SMILES string of the molecule is Cn1ncc2ccc(Nc3ncc(Br)c(Nc4ccccc4C(C)(C)S(=O)[O-])n3)cc21. The monoisotopic (exact) mass is 499 g/mol. The quantitative estimate of drug-likeness (QED) is 0.369. The summed E-state index contributed by atoms with van der Waals surface area (Å²) in [6, 6.07) is 13.1. The normalized spacial score (nSPS) is 12.7. The maximum absolute atomic E-state index is 11.8. The van der Waals surface area contributed by atoms with Crippen LogP contribution in [-0.2, 0) is 22.9 Å². The molecule has 0 bridgehead atoms. The Morgan fingerprint density at radius 2 is 1.90 bits per heavy atom. The van der Waals surface area contributed by atoms with Crippen LogP contribution in [0.1, 0.15) is 19.4 Å². The molecule has 1 atom stereocenters. The topological polar surface area (TPSA) is 108 Å². The second-order valence-electron chi connectivity index (χ2n) is 7.47. The lowest BCUT2D eigenvalue weighted by molar-refractivity contribution is 0.500. The van der Waals surface area contributed by atoms with Crippen molar-refractivity contribution in [1.82, 2.24) is 19.7 Å². The lowest BCUT2D eigenvalue weighted by atomic mass is 10.00. The van der Waals surface area contributed by atoms with Crippen molar-refractivity contribution in [3.8, 4) is 0 Å². The fraction of sp³-hybridized carbons (Fsp3) is 0.190. The Morgan fingerprint density at radius 1 is 1.13 bits per heavy atom. The van der Waals surface area contributed by atoms with Gasteiger partial charge in [0.1, 0.15) is 5.82 Å². The van der Waals surface area contributed by atoms with E-state index in [2.05, 4.69) is 41.6 Å². The van der Waals surface area contributed by atoms with Gasteiger partial charge in [0.25, 0.3) is 0 Å². The summed E-state index contributed by atoms with van der Waals surface area (Å²) < 4.78 is 24.9. The van der Waals surface area contributed by atoms with E-state index in [1.165, 1.54) is 0 Å². The molecule has 2 heterocycles. The second kappa shape index (κ2) is 8.37. The third-order valence-corrected chi connectivity index (χ3v) is 6.63. The van der Waals surface area contributed by atoms with Crippen molar-refractivity contribution >= 4 is 61.1 Å². The van der Waals surface area contributed by atoms with Crippen LogP contribution in [0, 0.1) is 0 Å². The number of hydrogen-bond acceptors (Lipinski definition) is 7. The standard InChI is InChI=1S/C21H21BrN6O2S/c1-21(2,31(29)30)15-6-4-5-7-17(15)26-19-16(22)12-23-20(27-19)25-14-9-8-13-11-24-28(3)18(13)10-14/h4-12H,1-3H3,(H,29,30)(H2,23,25,26,27)/p-1. The number of hydrogen-bond donors (Lipinski definition) is 2. The molecule has 2 N–H and O–H groups in total. The molecule has 0 aliphatic carbocycles. The van der Waals surface area contributed by atoms with Gasteiger partial charge in [0.05, 0.1) is 20.9 Å². The minimum absolute atomic E-state index is 0.399. The number of anilines is 4. The van der Waals surface area contributed by atoms with E-state index in [9.17, 15) is 8.76 Å². The van der Waals surface area contributed by atoms with Gasteiger partial charge in [0, 0.05) is 30.0 Å². The van der Waals surface area contributed by atoms with Crippen LogP contribution in [-0.4, -0.2) is 28.5 Å². The van der Waals surface area contributed by atoms with E-state index >= 15 is 0 Å². The Bertz CT molecular complexity index is 1290. The molecule has 1 unspecified atom stereocenters. The molecule has 160 valence electrons. The zero-order valence-electron chi connectivity index (χ0n) is 17.1. The Labute approximate surface area is 190 Å². The van der Waals surface area contributed by atoms with Gasteiger partial charge in [-0.2, -0.15) is 10.1 Å². The van der Waals surface area contributed by atoms with Crippen molar-refractivity contribution in [1.29, 1.82) is 0 Å². The van der Waals surface area contributed by atoms with Gasteiger partial charge in [-0.25, -0.2) is 4.98 Å². The fourth-order valence-corrected chi connectivity index (χ4v) is 3.85. The summed E-state index contributed by atoms with van der Waals surface area (Å²) in [5, 5.41) is 11.7. The number of rotatable bonds is 6. The number of aryl methyl sites for hydroxylation is 1. The first-order chi connectivity index (χ1) is 14.8.